The van der Waals surface area contributed by atoms with Crippen LogP contribution < -0.4 is 0 Å². The van der Waals surface area contributed by atoms with Gasteiger partial charge in [0.25, 0.3) is 0 Å². The van der Waals surface area contributed by atoms with Crippen LogP contribution in [0.5, 0.6) is 0 Å². The summed E-state index contributed by atoms with van der Waals surface area (Å²) >= 11 is 5.09. The predicted octanol–water partition coefficient (Wildman–Crippen LogP) is 2.04. The molecule has 0 aromatic carbocycles. The highest BCUT2D eigenvalue weighted by molar-refractivity contribution is 9.11. The van der Waals surface area contributed by atoms with Gasteiger partial charge in [-0.25, -0.2) is 0 Å². The highest BCUT2D eigenvalue weighted by atomic mass is 79.9. The Balaban J connectivity index is 1.92. The highest BCUT2D eigenvalue weighted by Gasteiger charge is 2.46. The van der Waals surface area contributed by atoms with Crippen LogP contribution in [-0.4, -0.2) is 42.8 Å². The van der Waals surface area contributed by atoms with Crippen molar-refractivity contribution in [3.63, 3.8) is 0 Å². The van der Waals surface area contributed by atoms with E-state index in [9.17, 15) is 9.90 Å². The van der Waals surface area contributed by atoms with Crippen molar-refractivity contribution in [2.75, 3.05) is 26.8 Å². The number of rotatable bonds is 5. The van der Waals surface area contributed by atoms with Gasteiger partial charge < -0.3 is 9.84 Å². The first-order valence-corrected chi connectivity index (χ1v) is 6.87. The van der Waals surface area contributed by atoms with Crippen molar-refractivity contribution in [2.45, 2.75) is 6.54 Å². The lowest BCUT2D eigenvalue weighted by atomic mass is 9.85. The minimum absolute atomic E-state index is 0.320. The minimum atomic E-state index is -0.761. The lowest BCUT2D eigenvalue weighted by Gasteiger charge is -2.39. The average Bonchev–Trinajstić information content (AvgIpc) is 2.57. The van der Waals surface area contributed by atoms with Gasteiger partial charge >= 0.3 is 5.97 Å². The maximum absolute atomic E-state index is 11.2. The molecular weight excluding hydrogens is 306 g/mol. The van der Waals surface area contributed by atoms with Gasteiger partial charge in [-0.15, -0.1) is 11.3 Å². The fourth-order valence-corrected chi connectivity index (χ4v) is 3.47. The Hall–Kier alpha value is -0.430. The quantitative estimate of drug-likeness (QED) is 0.902. The van der Waals surface area contributed by atoms with Crippen LogP contribution in [0.1, 0.15) is 4.88 Å². The van der Waals surface area contributed by atoms with Gasteiger partial charge in [0.1, 0.15) is 5.41 Å². The second kappa shape index (κ2) is 5.06. The third-order valence-corrected chi connectivity index (χ3v) is 4.45. The Morgan fingerprint density at radius 1 is 1.65 bits per heavy atom. The van der Waals surface area contributed by atoms with E-state index >= 15 is 0 Å². The van der Waals surface area contributed by atoms with Gasteiger partial charge in [0.2, 0.25) is 0 Å². The third kappa shape index (κ3) is 2.88. The molecule has 1 aromatic rings. The molecule has 1 N–H and O–H groups in total. The summed E-state index contributed by atoms with van der Waals surface area (Å²) in [6, 6.07) is 4.06. The van der Waals surface area contributed by atoms with Gasteiger partial charge in [-0.05, 0) is 35.1 Å². The molecule has 94 valence electrons. The first-order valence-electron chi connectivity index (χ1n) is 5.26. The number of ether oxygens (including phenoxy) is 1. The molecule has 0 spiro atoms. The molecule has 0 atom stereocenters. The van der Waals surface area contributed by atoms with Crippen LogP contribution in [0.2, 0.25) is 0 Å². The molecule has 0 unspecified atom stereocenters. The molecule has 6 heteroatoms. The van der Waals surface area contributed by atoms with E-state index < -0.39 is 11.4 Å². The number of thiophene rings is 1. The largest absolute Gasteiger partial charge is 0.481 e. The summed E-state index contributed by atoms with van der Waals surface area (Å²) in [4.78, 5) is 14.4. The molecule has 0 aliphatic carbocycles. The highest BCUT2D eigenvalue weighted by Crippen LogP contribution is 2.30. The number of nitrogens with zero attached hydrogens (tertiary/aromatic N) is 1. The normalized spacial score (nSPS) is 18.1. The fraction of sp³-hybridized carbons (Fsp3) is 0.545. The third-order valence-electron chi connectivity index (χ3n) is 2.84. The molecule has 1 aliphatic rings. The van der Waals surface area contributed by atoms with Crippen LogP contribution in [0.25, 0.3) is 0 Å². The maximum Gasteiger partial charge on any atom is 0.315 e. The summed E-state index contributed by atoms with van der Waals surface area (Å²) in [7, 11) is 1.94. The van der Waals surface area contributed by atoms with E-state index in [2.05, 4.69) is 22.0 Å². The zero-order valence-electron chi connectivity index (χ0n) is 9.48. The Kier molecular flexibility index (Phi) is 3.87. The molecule has 0 bridgehead atoms. The number of hydrogen-bond donors (Lipinski definition) is 1. The van der Waals surface area contributed by atoms with E-state index in [1.54, 1.807) is 11.3 Å². The first-order chi connectivity index (χ1) is 8.02. The van der Waals surface area contributed by atoms with Gasteiger partial charge in [0, 0.05) is 18.0 Å². The van der Waals surface area contributed by atoms with Crippen molar-refractivity contribution in [3.05, 3.63) is 20.8 Å². The zero-order chi connectivity index (χ0) is 12.5. The SMILES string of the molecule is CN(Cc1ccc(Br)s1)CC1(C(=O)O)COC1. The summed E-state index contributed by atoms with van der Waals surface area (Å²) in [5, 5.41) is 9.19. The Bertz CT molecular complexity index is 417. The van der Waals surface area contributed by atoms with Gasteiger partial charge in [-0.3, -0.25) is 9.69 Å². The number of carboxylic acid groups (broad SMARTS) is 1. The van der Waals surface area contributed by atoms with Crippen LogP contribution in [-0.2, 0) is 16.1 Å². The molecular formula is C11H14BrNO3S. The fourth-order valence-electron chi connectivity index (χ4n) is 1.91. The van der Waals surface area contributed by atoms with E-state index in [1.807, 2.05) is 18.0 Å². The molecule has 1 aromatic heterocycles. The Morgan fingerprint density at radius 3 is 2.76 bits per heavy atom. The molecule has 1 saturated heterocycles. The molecule has 0 radical (unpaired) electrons. The second-order valence-electron chi connectivity index (χ2n) is 4.46. The van der Waals surface area contributed by atoms with Crippen molar-refractivity contribution in [1.29, 1.82) is 0 Å². The number of hydrogen-bond acceptors (Lipinski definition) is 4. The Morgan fingerprint density at radius 2 is 2.35 bits per heavy atom. The summed E-state index contributed by atoms with van der Waals surface area (Å²) in [5.41, 5.74) is -0.705. The van der Waals surface area contributed by atoms with E-state index in [0.29, 0.717) is 19.8 Å². The van der Waals surface area contributed by atoms with Crippen LogP contribution >= 0.6 is 27.3 Å². The lowest BCUT2D eigenvalue weighted by molar-refractivity contribution is -0.183. The van der Waals surface area contributed by atoms with Crippen molar-refractivity contribution in [1.82, 2.24) is 4.90 Å². The Labute approximate surface area is 112 Å². The number of carboxylic acids is 1. The molecule has 1 fully saturated rings. The average molecular weight is 320 g/mol. The number of carbonyl (C=O) groups is 1. The minimum Gasteiger partial charge on any atom is -0.481 e. The summed E-state index contributed by atoms with van der Waals surface area (Å²) in [5.74, 6) is -0.761. The molecule has 2 rings (SSSR count). The lowest BCUT2D eigenvalue weighted by Crippen LogP contribution is -2.55. The molecule has 0 saturated carbocycles. The van der Waals surface area contributed by atoms with Crippen molar-refractivity contribution in [2.24, 2.45) is 5.41 Å². The topological polar surface area (TPSA) is 49.8 Å². The first kappa shape index (κ1) is 13.0. The molecule has 1 aliphatic heterocycles. The monoisotopic (exact) mass is 319 g/mol. The smallest absolute Gasteiger partial charge is 0.315 e. The summed E-state index contributed by atoms with van der Waals surface area (Å²) in [6.07, 6.45) is 0. The summed E-state index contributed by atoms with van der Waals surface area (Å²) in [6.45, 7) is 1.94. The molecule has 17 heavy (non-hydrogen) atoms. The van der Waals surface area contributed by atoms with Crippen molar-refractivity contribution in [3.8, 4) is 0 Å². The maximum atomic E-state index is 11.2. The second-order valence-corrected chi connectivity index (χ2v) is 7.00. The van der Waals surface area contributed by atoms with Gasteiger partial charge in [-0.2, -0.15) is 0 Å². The zero-order valence-corrected chi connectivity index (χ0v) is 11.9. The number of halogens is 1. The van der Waals surface area contributed by atoms with Gasteiger partial charge in [0.15, 0.2) is 0 Å². The van der Waals surface area contributed by atoms with Crippen LogP contribution in [0, 0.1) is 5.41 Å². The van der Waals surface area contributed by atoms with Crippen molar-refractivity contribution < 1.29 is 14.6 Å². The van der Waals surface area contributed by atoms with Crippen molar-refractivity contribution >= 4 is 33.2 Å². The van der Waals surface area contributed by atoms with Crippen LogP contribution in [0.3, 0.4) is 0 Å². The van der Waals surface area contributed by atoms with E-state index in [4.69, 9.17) is 4.74 Å². The number of aliphatic carboxylic acids is 1. The van der Waals surface area contributed by atoms with E-state index in [-0.39, 0.29) is 0 Å². The van der Waals surface area contributed by atoms with Gasteiger partial charge in [0.05, 0.1) is 17.0 Å². The molecule has 4 nitrogen and oxygen atoms in total. The van der Waals surface area contributed by atoms with Gasteiger partial charge in [-0.1, -0.05) is 0 Å². The van der Waals surface area contributed by atoms with E-state index in [0.717, 1.165) is 10.3 Å². The van der Waals surface area contributed by atoms with Crippen LogP contribution in [0.15, 0.2) is 15.9 Å². The predicted molar refractivity (Wildman–Crippen MR) is 69.2 cm³/mol. The molecule has 0 amide bonds. The summed E-state index contributed by atoms with van der Waals surface area (Å²) < 4.78 is 6.14. The van der Waals surface area contributed by atoms with Crippen LogP contribution in [0.4, 0.5) is 0 Å². The standard InChI is InChI=1S/C11H14BrNO3S/c1-13(4-8-2-3-9(12)17-8)5-11(10(14)15)6-16-7-11/h2-3H,4-7H2,1H3,(H,14,15). The van der Waals surface area contributed by atoms with E-state index in [1.165, 1.54) is 4.88 Å². The molecule has 2 heterocycles.